The first kappa shape index (κ1) is 15.2. The van der Waals surface area contributed by atoms with Crippen LogP contribution < -0.4 is 11.1 Å². The molecule has 7 heteroatoms. The molecule has 2 aromatic carbocycles. The van der Waals surface area contributed by atoms with Gasteiger partial charge in [0, 0.05) is 11.3 Å². The predicted octanol–water partition coefficient (Wildman–Crippen LogP) is 4.22. The van der Waals surface area contributed by atoms with Crippen LogP contribution in [0.5, 0.6) is 0 Å². The van der Waals surface area contributed by atoms with Crippen LogP contribution in [0.2, 0.25) is 0 Å². The lowest BCUT2D eigenvalue weighted by atomic mass is 10.1. The van der Waals surface area contributed by atoms with Crippen molar-refractivity contribution in [2.24, 2.45) is 5.73 Å². The van der Waals surface area contributed by atoms with Crippen LogP contribution in [0, 0.1) is 5.82 Å². The molecule has 0 aliphatic heterocycles. The van der Waals surface area contributed by atoms with Gasteiger partial charge in [-0.1, -0.05) is 24.4 Å². The van der Waals surface area contributed by atoms with Gasteiger partial charge in [-0.15, -0.1) is 0 Å². The summed E-state index contributed by atoms with van der Waals surface area (Å²) in [6, 6.07) is 9.04. The molecule has 0 aromatic heterocycles. The average Bonchev–Trinajstić information content (AvgIpc) is 2.40. The highest BCUT2D eigenvalue weighted by molar-refractivity contribution is 7.80. The summed E-state index contributed by atoms with van der Waals surface area (Å²) in [4.78, 5) is -0.347. The van der Waals surface area contributed by atoms with Gasteiger partial charge in [0.1, 0.15) is 10.8 Å². The number of rotatable bonds is 3. The molecule has 0 saturated heterocycles. The number of alkyl halides is 3. The van der Waals surface area contributed by atoms with Crippen LogP contribution in [-0.4, -0.2) is 4.99 Å². The molecule has 0 bridgehead atoms. The van der Waals surface area contributed by atoms with E-state index in [2.05, 4.69) is 17.5 Å². The number of para-hydroxylation sites is 1. The van der Waals surface area contributed by atoms with Crippen molar-refractivity contribution in [3.8, 4) is 0 Å². The third-order valence-corrected chi connectivity index (χ3v) is 2.96. The highest BCUT2D eigenvalue weighted by Gasteiger charge is 2.34. The summed E-state index contributed by atoms with van der Waals surface area (Å²) in [7, 11) is 0. The van der Waals surface area contributed by atoms with E-state index in [1.165, 1.54) is 24.3 Å². The van der Waals surface area contributed by atoms with E-state index in [9.17, 15) is 17.6 Å². The fourth-order valence-electron chi connectivity index (χ4n) is 1.79. The minimum Gasteiger partial charge on any atom is -0.389 e. The molecular formula is C14H10F4N2S. The van der Waals surface area contributed by atoms with Gasteiger partial charge in [0.25, 0.3) is 0 Å². The van der Waals surface area contributed by atoms with E-state index in [0.29, 0.717) is 0 Å². The zero-order valence-electron chi connectivity index (χ0n) is 10.5. The number of anilines is 2. The van der Waals surface area contributed by atoms with Gasteiger partial charge in [-0.2, -0.15) is 13.2 Å². The van der Waals surface area contributed by atoms with Crippen molar-refractivity contribution in [2.45, 2.75) is 6.18 Å². The molecule has 3 N–H and O–H groups in total. The number of benzene rings is 2. The topological polar surface area (TPSA) is 38.0 Å². The molecule has 0 amide bonds. The molecule has 0 radical (unpaired) electrons. The molecule has 2 aromatic rings. The highest BCUT2D eigenvalue weighted by atomic mass is 32.1. The molecule has 0 heterocycles. The second kappa shape index (κ2) is 5.69. The Morgan fingerprint density at radius 3 is 2.33 bits per heavy atom. The maximum absolute atomic E-state index is 13.5. The van der Waals surface area contributed by atoms with Gasteiger partial charge in [0.15, 0.2) is 0 Å². The maximum atomic E-state index is 13.5. The van der Waals surface area contributed by atoms with Crippen molar-refractivity contribution in [1.29, 1.82) is 0 Å². The fraction of sp³-hybridized carbons (Fsp3) is 0.0714. The highest BCUT2D eigenvalue weighted by Crippen LogP contribution is 2.34. The number of hydrogen-bond acceptors (Lipinski definition) is 2. The van der Waals surface area contributed by atoms with Gasteiger partial charge in [-0.25, -0.2) is 4.39 Å². The normalized spacial score (nSPS) is 11.2. The third-order valence-electron chi connectivity index (χ3n) is 2.74. The number of halogens is 4. The fourth-order valence-corrected chi connectivity index (χ4v) is 1.97. The number of nitrogens with two attached hydrogens (primary N) is 1. The third kappa shape index (κ3) is 3.49. The van der Waals surface area contributed by atoms with E-state index >= 15 is 0 Å². The molecule has 110 valence electrons. The first-order chi connectivity index (χ1) is 9.79. The Bertz CT molecular complexity index is 683. The van der Waals surface area contributed by atoms with Crippen molar-refractivity contribution in [3.63, 3.8) is 0 Å². The minimum atomic E-state index is -4.61. The van der Waals surface area contributed by atoms with Crippen LogP contribution in [-0.2, 0) is 6.18 Å². The largest absolute Gasteiger partial charge is 0.417 e. The summed E-state index contributed by atoms with van der Waals surface area (Å²) >= 11 is 4.61. The average molecular weight is 314 g/mol. The Kier molecular flexibility index (Phi) is 4.13. The first-order valence-corrected chi connectivity index (χ1v) is 6.22. The van der Waals surface area contributed by atoms with E-state index in [1.807, 2.05) is 0 Å². The van der Waals surface area contributed by atoms with Crippen molar-refractivity contribution < 1.29 is 17.6 Å². The molecule has 2 nitrogen and oxygen atoms in total. The monoisotopic (exact) mass is 314 g/mol. The lowest BCUT2D eigenvalue weighted by Gasteiger charge is -2.15. The van der Waals surface area contributed by atoms with Gasteiger partial charge < -0.3 is 11.1 Å². The molecule has 0 aliphatic carbocycles. The number of nitrogens with one attached hydrogen (secondary N) is 1. The van der Waals surface area contributed by atoms with Crippen LogP contribution in [0.1, 0.15) is 11.1 Å². The van der Waals surface area contributed by atoms with Gasteiger partial charge in [-0.05, 0) is 30.3 Å². The molecule has 0 fully saturated rings. The maximum Gasteiger partial charge on any atom is 0.417 e. The van der Waals surface area contributed by atoms with Crippen LogP contribution in [0.15, 0.2) is 42.5 Å². The Hall–Kier alpha value is -2.15. The SMILES string of the molecule is NC(=S)c1ccc(Nc2ccccc2F)cc1C(F)(F)F. The molecule has 0 aliphatic rings. The van der Waals surface area contributed by atoms with Gasteiger partial charge in [0.05, 0.1) is 11.3 Å². The van der Waals surface area contributed by atoms with Crippen LogP contribution >= 0.6 is 12.2 Å². The summed E-state index contributed by atoms with van der Waals surface area (Å²) in [5.74, 6) is -0.565. The minimum absolute atomic E-state index is 0.0775. The molecule has 0 unspecified atom stereocenters. The van der Waals surface area contributed by atoms with E-state index < -0.39 is 17.6 Å². The Morgan fingerprint density at radius 2 is 1.76 bits per heavy atom. The Balaban J connectivity index is 2.43. The van der Waals surface area contributed by atoms with Crippen molar-refractivity contribution in [1.82, 2.24) is 0 Å². The van der Waals surface area contributed by atoms with Crippen LogP contribution in [0.3, 0.4) is 0 Å². The number of hydrogen-bond donors (Lipinski definition) is 2. The Labute approximate surface area is 123 Å². The lowest BCUT2D eigenvalue weighted by Crippen LogP contribution is -2.18. The molecule has 0 spiro atoms. The summed E-state index contributed by atoms with van der Waals surface area (Å²) in [5, 5.41) is 2.59. The standard InChI is InChI=1S/C14H10F4N2S/c15-11-3-1-2-4-12(11)20-8-5-6-9(13(19)21)10(7-8)14(16,17)18/h1-7,20H,(H2,19,21). The van der Waals surface area contributed by atoms with Crippen LogP contribution in [0.4, 0.5) is 28.9 Å². The van der Waals surface area contributed by atoms with Crippen molar-refractivity contribution >= 4 is 28.6 Å². The second-order valence-corrected chi connectivity index (χ2v) is 4.67. The van der Waals surface area contributed by atoms with E-state index in [4.69, 9.17) is 5.73 Å². The zero-order chi connectivity index (χ0) is 15.6. The summed E-state index contributed by atoms with van der Waals surface area (Å²) in [5.41, 5.74) is 4.23. The second-order valence-electron chi connectivity index (χ2n) is 4.23. The van der Waals surface area contributed by atoms with Gasteiger partial charge in [-0.3, -0.25) is 0 Å². The predicted molar refractivity (Wildman–Crippen MR) is 77.0 cm³/mol. The first-order valence-electron chi connectivity index (χ1n) is 5.81. The molecule has 21 heavy (non-hydrogen) atoms. The summed E-state index contributed by atoms with van der Waals surface area (Å²) in [6.45, 7) is 0. The van der Waals surface area contributed by atoms with E-state index in [-0.39, 0.29) is 21.9 Å². The number of thiocarbonyl (C=S) groups is 1. The smallest absolute Gasteiger partial charge is 0.389 e. The van der Waals surface area contributed by atoms with Crippen molar-refractivity contribution in [3.05, 3.63) is 59.4 Å². The molecular weight excluding hydrogens is 304 g/mol. The quantitative estimate of drug-likeness (QED) is 0.658. The van der Waals surface area contributed by atoms with Crippen molar-refractivity contribution in [2.75, 3.05) is 5.32 Å². The zero-order valence-corrected chi connectivity index (χ0v) is 11.4. The summed E-state index contributed by atoms with van der Waals surface area (Å²) < 4.78 is 52.5. The van der Waals surface area contributed by atoms with E-state index in [1.54, 1.807) is 6.07 Å². The summed E-state index contributed by atoms with van der Waals surface area (Å²) in [6.07, 6.45) is -4.61. The Morgan fingerprint density at radius 1 is 1.10 bits per heavy atom. The molecule has 2 rings (SSSR count). The lowest BCUT2D eigenvalue weighted by molar-refractivity contribution is -0.137. The van der Waals surface area contributed by atoms with E-state index in [0.717, 1.165) is 12.1 Å². The van der Waals surface area contributed by atoms with Crippen LogP contribution in [0.25, 0.3) is 0 Å². The molecule has 0 atom stereocenters. The van der Waals surface area contributed by atoms with Gasteiger partial charge >= 0.3 is 6.18 Å². The van der Waals surface area contributed by atoms with Gasteiger partial charge in [0.2, 0.25) is 0 Å². The molecule has 0 saturated carbocycles.